The van der Waals surface area contributed by atoms with E-state index in [-0.39, 0.29) is 37.4 Å². The van der Waals surface area contributed by atoms with Crippen LogP contribution in [0.5, 0.6) is 0 Å². The fourth-order valence-electron chi connectivity index (χ4n) is 3.94. The standard InChI is InChI=1S/C28H33ClFN3O3/c1-21(2)17-33(19-25-8-6-14-31(25)18-23-7-4-5-9-26(23)29)27(34)20-32(15-16-36-3)28(35)22-10-12-24(30)13-11-22/h4-14,21H,15-20H2,1-3H3. The van der Waals surface area contributed by atoms with Gasteiger partial charge in [-0.2, -0.15) is 0 Å². The number of hydrogen-bond acceptors (Lipinski definition) is 3. The minimum absolute atomic E-state index is 0.0997. The van der Waals surface area contributed by atoms with Crippen molar-refractivity contribution in [1.29, 1.82) is 0 Å². The molecule has 0 aliphatic heterocycles. The molecule has 0 fully saturated rings. The first-order chi connectivity index (χ1) is 17.3. The maximum atomic E-state index is 13.5. The third kappa shape index (κ3) is 7.67. The average Bonchev–Trinajstić information content (AvgIpc) is 3.29. The molecular formula is C28H33ClFN3O3. The Balaban J connectivity index is 1.78. The molecule has 0 aliphatic rings. The lowest BCUT2D eigenvalue weighted by Gasteiger charge is -2.29. The summed E-state index contributed by atoms with van der Waals surface area (Å²) in [5.74, 6) is -0.692. The Kier molecular flexibility index (Phi) is 10.1. The van der Waals surface area contributed by atoms with Crippen LogP contribution < -0.4 is 0 Å². The van der Waals surface area contributed by atoms with Gasteiger partial charge >= 0.3 is 0 Å². The number of amides is 2. The molecular weight excluding hydrogens is 481 g/mol. The van der Waals surface area contributed by atoms with Gasteiger partial charge in [-0.3, -0.25) is 9.59 Å². The second-order valence-corrected chi connectivity index (χ2v) is 9.52. The SMILES string of the molecule is COCCN(CC(=O)N(Cc1cccn1Cc1ccccc1Cl)CC(C)C)C(=O)c1ccc(F)cc1. The molecule has 0 radical (unpaired) electrons. The maximum Gasteiger partial charge on any atom is 0.254 e. The second-order valence-electron chi connectivity index (χ2n) is 9.11. The van der Waals surface area contributed by atoms with Crippen LogP contribution >= 0.6 is 11.6 Å². The van der Waals surface area contributed by atoms with Crippen LogP contribution in [0.3, 0.4) is 0 Å². The highest BCUT2D eigenvalue weighted by Gasteiger charge is 2.24. The monoisotopic (exact) mass is 513 g/mol. The molecule has 0 N–H and O–H groups in total. The van der Waals surface area contributed by atoms with E-state index in [1.807, 2.05) is 42.6 Å². The minimum atomic E-state index is -0.422. The summed E-state index contributed by atoms with van der Waals surface area (Å²) < 4.78 is 20.6. The van der Waals surface area contributed by atoms with Crippen molar-refractivity contribution in [1.82, 2.24) is 14.4 Å². The molecule has 2 amide bonds. The van der Waals surface area contributed by atoms with Gasteiger partial charge in [0.2, 0.25) is 5.91 Å². The topological polar surface area (TPSA) is 54.8 Å². The van der Waals surface area contributed by atoms with Gasteiger partial charge in [0.05, 0.1) is 13.2 Å². The van der Waals surface area contributed by atoms with Gasteiger partial charge in [0.1, 0.15) is 12.4 Å². The predicted molar refractivity (Wildman–Crippen MR) is 139 cm³/mol. The number of carbonyl (C=O) groups is 2. The highest BCUT2D eigenvalue weighted by atomic mass is 35.5. The molecule has 0 unspecified atom stereocenters. The third-order valence-corrected chi connectivity index (χ3v) is 6.15. The molecule has 2 aromatic carbocycles. The number of ether oxygens (including phenoxy) is 1. The molecule has 8 heteroatoms. The molecule has 0 spiro atoms. The molecule has 0 bridgehead atoms. The van der Waals surface area contributed by atoms with Crippen LogP contribution in [-0.4, -0.2) is 59.5 Å². The number of rotatable bonds is 12. The van der Waals surface area contributed by atoms with E-state index >= 15 is 0 Å². The molecule has 6 nitrogen and oxygen atoms in total. The summed E-state index contributed by atoms with van der Waals surface area (Å²) >= 11 is 6.36. The van der Waals surface area contributed by atoms with Crippen molar-refractivity contribution < 1.29 is 18.7 Å². The zero-order valence-electron chi connectivity index (χ0n) is 21.0. The second kappa shape index (κ2) is 13.2. The molecule has 3 aromatic rings. The van der Waals surface area contributed by atoms with E-state index in [9.17, 15) is 14.0 Å². The normalized spacial score (nSPS) is 11.1. The van der Waals surface area contributed by atoms with Gasteiger partial charge in [-0.25, -0.2) is 4.39 Å². The van der Waals surface area contributed by atoms with Crippen molar-refractivity contribution in [3.05, 3.63) is 94.5 Å². The van der Waals surface area contributed by atoms with Gasteiger partial charge in [-0.15, -0.1) is 0 Å². The summed E-state index contributed by atoms with van der Waals surface area (Å²) in [5.41, 5.74) is 2.29. The van der Waals surface area contributed by atoms with Crippen LogP contribution in [0.1, 0.15) is 35.5 Å². The Morgan fingerprint density at radius 2 is 1.75 bits per heavy atom. The maximum absolute atomic E-state index is 13.5. The van der Waals surface area contributed by atoms with Crippen molar-refractivity contribution in [2.24, 2.45) is 5.92 Å². The largest absolute Gasteiger partial charge is 0.383 e. The lowest BCUT2D eigenvalue weighted by atomic mass is 10.1. The van der Waals surface area contributed by atoms with E-state index in [1.54, 1.807) is 12.0 Å². The number of benzene rings is 2. The quantitative estimate of drug-likeness (QED) is 0.338. The Labute approximate surface area is 217 Å². The minimum Gasteiger partial charge on any atom is -0.383 e. The number of hydrogen-bond donors (Lipinski definition) is 0. The Hall–Kier alpha value is -3.16. The van der Waals surface area contributed by atoms with E-state index in [0.717, 1.165) is 11.3 Å². The Morgan fingerprint density at radius 1 is 1.03 bits per heavy atom. The van der Waals surface area contributed by atoms with Crippen molar-refractivity contribution in [2.45, 2.75) is 26.9 Å². The zero-order chi connectivity index (χ0) is 26.1. The van der Waals surface area contributed by atoms with E-state index in [0.29, 0.717) is 30.2 Å². The fourth-order valence-corrected chi connectivity index (χ4v) is 4.14. The number of methoxy groups -OCH3 is 1. The lowest BCUT2D eigenvalue weighted by molar-refractivity contribution is -0.133. The number of aromatic nitrogens is 1. The van der Waals surface area contributed by atoms with Gasteiger partial charge in [0.15, 0.2) is 0 Å². The molecule has 192 valence electrons. The van der Waals surface area contributed by atoms with Crippen LogP contribution in [-0.2, 0) is 22.6 Å². The zero-order valence-corrected chi connectivity index (χ0v) is 21.7. The van der Waals surface area contributed by atoms with Crippen molar-refractivity contribution in [2.75, 3.05) is 33.4 Å². The molecule has 36 heavy (non-hydrogen) atoms. The van der Waals surface area contributed by atoms with Crippen molar-refractivity contribution >= 4 is 23.4 Å². The van der Waals surface area contributed by atoms with E-state index in [1.165, 1.54) is 29.2 Å². The lowest BCUT2D eigenvalue weighted by Crippen LogP contribution is -2.45. The first-order valence-electron chi connectivity index (χ1n) is 12.0. The smallest absolute Gasteiger partial charge is 0.254 e. The molecule has 0 aliphatic carbocycles. The molecule has 3 rings (SSSR count). The average molecular weight is 514 g/mol. The van der Waals surface area contributed by atoms with Gasteiger partial charge in [0.25, 0.3) is 5.91 Å². The van der Waals surface area contributed by atoms with Gasteiger partial charge in [0, 0.05) is 49.2 Å². The fraction of sp³-hybridized carbons (Fsp3) is 0.357. The molecule has 0 atom stereocenters. The number of carbonyl (C=O) groups excluding carboxylic acids is 2. The van der Waals surface area contributed by atoms with Crippen LogP contribution in [0.25, 0.3) is 0 Å². The van der Waals surface area contributed by atoms with Crippen molar-refractivity contribution in [3.8, 4) is 0 Å². The number of halogens is 2. The highest BCUT2D eigenvalue weighted by molar-refractivity contribution is 6.31. The summed E-state index contributed by atoms with van der Waals surface area (Å²) in [6.45, 7) is 6.06. The first-order valence-corrected chi connectivity index (χ1v) is 12.3. The third-order valence-electron chi connectivity index (χ3n) is 5.78. The predicted octanol–water partition coefficient (Wildman–Crippen LogP) is 5.10. The summed E-state index contributed by atoms with van der Waals surface area (Å²) in [5, 5.41) is 0.695. The Morgan fingerprint density at radius 3 is 2.42 bits per heavy atom. The van der Waals surface area contributed by atoms with Gasteiger partial charge in [-0.05, 0) is 53.9 Å². The van der Waals surface area contributed by atoms with Crippen LogP contribution in [0.4, 0.5) is 4.39 Å². The Bertz CT molecular complexity index is 1150. The van der Waals surface area contributed by atoms with Crippen LogP contribution in [0.15, 0.2) is 66.9 Å². The summed E-state index contributed by atoms with van der Waals surface area (Å²) in [6, 6.07) is 17.0. The van der Waals surface area contributed by atoms with Gasteiger partial charge in [-0.1, -0.05) is 43.6 Å². The summed E-state index contributed by atoms with van der Waals surface area (Å²) in [6.07, 6.45) is 1.97. The summed E-state index contributed by atoms with van der Waals surface area (Å²) in [7, 11) is 1.54. The summed E-state index contributed by atoms with van der Waals surface area (Å²) in [4.78, 5) is 29.8. The highest BCUT2D eigenvalue weighted by Crippen LogP contribution is 2.19. The molecule has 1 heterocycles. The van der Waals surface area contributed by atoms with Crippen molar-refractivity contribution in [3.63, 3.8) is 0 Å². The van der Waals surface area contributed by atoms with E-state index < -0.39 is 5.82 Å². The molecule has 1 aromatic heterocycles. The van der Waals surface area contributed by atoms with Crippen LogP contribution in [0.2, 0.25) is 5.02 Å². The number of nitrogens with zero attached hydrogens (tertiary/aromatic N) is 3. The molecule has 0 saturated carbocycles. The molecule has 0 saturated heterocycles. The van der Waals surface area contributed by atoms with Crippen LogP contribution in [0, 0.1) is 11.7 Å². The van der Waals surface area contributed by atoms with E-state index in [2.05, 4.69) is 18.4 Å². The van der Waals surface area contributed by atoms with Gasteiger partial charge < -0.3 is 19.1 Å². The van der Waals surface area contributed by atoms with E-state index in [4.69, 9.17) is 16.3 Å². The first kappa shape index (κ1) is 27.4.